The van der Waals surface area contributed by atoms with Crippen molar-refractivity contribution in [2.75, 3.05) is 31.5 Å². The van der Waals surface area contributed by atoms with Crippen LogP contribution in [0.3, 0.4) is 0 Å². The molecule has 1 aromatic carbocycles. The van der Waals surface area contributed by atoms with Crippen LogP contribution in [0.15, 0.2) is 18.2 Å². The van der Waals surface area contributed by atoms with Crippen molar-refractivity contribution in [3.63, 3.8) is 0 Å². The second kappa shape index (κ2) is 6.76. The van der Waals surface area contributed by atoms with Gasteiger partial charge in [0.25, 0.3) is 5.91 Å². The van der Waals surface area contributed by atoms with Crippen molar-refractivity contribution in [2.45, 2.75) is 19.4 Å². The number of likely N-dealkylation sites (tertiary alicyclic amines) is 1. The van der Waals surface area contributed by atoms with Crippen molar-refractivity contribution in [3.8, 4) is 0 Å². The van der Waals surface area contributed by atoms with Crippen molar-refractivity contribution in [1.82, 2.24) is 15.5 Å². The first-order chi connectivity index (χ1) is 11.1. The van der Waals surface area contributed by atoms with Crippen molar-refractivity contribution in [3.05, 3.63) is 28.8 Å². The number of carbonyl (C=O) groups is 2. The third kappa shape index (κ3) is 3.28. The van der Waals surface area contributed by atoms with Crippen LogP contribution in [0.5, 0.6) is 0 Å². The van der Waals surface area contributed by atoms with E-state index in [4.69, 9.17) is 11.6 Å². The first kappa shape index (κ1) is 16.1. The number of urea groups is 1. The van der Waals surface area contributed by atoms with Crippen LogP contribution in [0.2, 0.25) is 5.02 Å². The SMILES string of the molecule is CCNC(=O)c1ccc(NC(=O)N2CC[C@H]3CNC[C@H]32)cc1Cl. The zero-order chi connectivity index (χ0) is 16.4. The zero-order valence-corrected chi connectivity index (χ0v) is 13.8. The molecule has 0 bridgehead atoms. The Balaban J connectivity index is 1.67. The molecule has 3 amide bonds. The lowest BCUT2D eigenvalue weighted by molar-refractivity contribution is 0.0956. The molecule has 124 valence electrons. The summed E-state index contributed by atoms with van der Waals surface area (Å²) in [5.74, 6) is 0.347. The molecule has 0 radical (unpaired) electrons. The Morgan fingerprint density at radius 3 is 2.96 bits per heavy atom. The number of hydrogen-bond acceptors (Lipinski definition) is 3. The van der Waals surface area contributed by atoms with Crippen molar-refractivity contribution in [1.29, 1.82) is 0 Å². The zero-order valence-electron chi connectivity index (χ0n) is 13.1. The molecule has 2 aliphatic rings. The highest BCUT2D eigenvalue weighted by Gasteiger charge is 2.39. The summed E-state index contributed by atoms with van der Waals surface area (Å²) in [5, 5.41) is 9.24. The van der Waals surface area contributed by atoms with E-state index in [0.29, 0.717) is 28.7 Å². The minimum absolute atomic E-state index is 0.108. The number of hydrogen-bond donors (Lipinski definition) is 3. The van der Waals surface area contributed by atoms with Crippen molar-refractivity contribution >= 4 is 29.2 Å². The molecule has 0 unspecified atom stereocenters. The van der Waals surface area contributed by atoms with Crippen LogP contribution in [0.1, 0.15) is 23.7 Å². The van der Waals surface area contributed by atoms with Gasteiger partial charge in [-0.2, -0.15) is 0 Å². The number of nitrogens with zero attached hydrogens (tertiary/aromatic N) is 1. The summed E-state index contributed by atoms with van der Waals surface area (Å²) in [6.07, 6.45) is 1.04. The molecule has 2 atom stereocenters. The summed E-state index contributed by atoms with van der Waals surface area (Å²) in [6, 6.07) is 5.12. The summed E-state index contributed by atoms with van der Waals surface area (Å²) < 4.78 is 0. The van der Waals surface area contributed by atoms with Crippen molar-refractivity contribution in [2.24, 2.45) is 5.92 Å². The van der Waals surface area contributed by atoms with Gasteiger partial charge in [-0.1, -0.05) is 11.6 Å². The van der Waals surface area contributed by atoms with Gasteiger partial charge in [-0.15, -0.1) is 0 Å². The van der Waals surface area contributed by atoms with Gasteiger partial charge in [-0.05, 0) is 37.5 Å². The number of carbonyl (C=O) groups excluding carboxylic acids is 2. The van der Waals surface area contributed by atoms with E-state index in [1.807, 2.05) is 11.8 Å². The molecule has 0 saturated carbocycles. The lowest BCUT2D eigenvalue weighted by atomic mass is 10.1. The van der Waals surface area contributed by atoms with Gasteiger partial charge >= 0.3 is 6.03 Å². The Hall–Kier alpha value is -1.79. The molecule has 2 heterocycles. The first-order valence-electron chi connectivity index (χ1n) is 7.96. The quantitative estimate of drug-likeness (QED) is 0.789. The summed E-state index contributed by atoms with van der Waals surface area (Å²) in [6.45, 7) is 5.02. The lowest BCUT2D eigenvalue weighted by Crippen LogP contribution is -2.41. The van der Waals surface area contributed by atoms with Gasteiger partial charge in [0.15, 0.2) is 0 Å². The normalized spacial score (nSPS) is 22.8. The van der Waals surface area contributed by atoms with Gasteiger partial charge in [0.1, 0.15) is 0 Å². The van der Waals surface area contributed by atoms with E-state index in [1.54, 1.807) is 18.2 Å². The molecule has 0 spiro atoms. The number of anilines is 1. The van der Waals surface area contributed by atoms with Gasteiger partial charge in [0.2, 0.25) is 0 Å². The van der Waals surface area contributed by atoms with Crippen LogP contribution in [-0.2, 0) is 0 Å². The molecule has 2 aliphatic heterocycles. The topological polar surface area (TPSA) is 73.5 Å². The van der Waals surface area contributed by atoms with E-state index in [0.717, 1.165) is 26.1 Å². The minimum Gasteiger partial charge on any atom is -0.352 e. The summed E-state index contributed by atoms with van der Waals surface area (Å²) in [5.41, 5.74) is 1.01. The van der Waals surface area contributed by atoms with Crippen LogP contribution in [0.25, 0.3) is 0 Å². The molecule has 2 fully saturated rings. The van der Waals surface area contributed by atoms with E-state index in [9.17, 15) is 9.59 Å². The molecule has 2 saturated heterocycles. The van der Waals surface area contributed by atoms with Crippen LogP contribution < -0.4 is 16.0 Å². The molecule has 0 aromatic heterocycles. The minimum atomic E-state index is -0.213. The Morgan fingerprint density at radius 1 is 1.39 bits per heavy atom. The van der Waals surface area contributed by atoms with Gasteiger partial charge < -0.3 is 20.9 Å². The molecule has 23 heavy (non-hydrogen) atoms. The predicted molar refractivity (Wildman–Crippen MR) is 89.9 cm³/mol. The molecule has 3 rings (SSSR count). The van der Waals surface area contributed by atoms with E-state index in [1.165, 1.54) is 0 Å². The third-order valence-corrected chi connectivity index (χ3v) is 4.82. The fourth-order valence-electron chi connectivity index (χ4n) is 3.33. The van der Waals surface area contributed by atoms with E-state index < -0.39 is 0 Å². The van der Waals surface area contributed by atoms with Crippen LogP contribution >= 0.6 is 11.6 Å². The maximum absolute atomic E-state index is 12.5. The summed E-state index contributed by atoms with van der Waals surface area (Å²) in [7, 11) is 0. The van der Waals surface area contributed by atoms with Gasteiger partial charge in [-0.3, -0.25) is 4.79 Å². The maximum atomic E-state index is 12.5. The van der Waals surface area contributed by atoms with Gasteiger partial charge in [-0.25, -0.2) is 4.79 Å². The predicted octanol–water partition coefficient (Wildman–Crippen LogP) is 1.92. The van der Waals surface area contributed by atoms with E-state index in [2.05, 4.69) is 16.0 Å². The molecule has 1 aromatic rings. The van der Waals surface area contributed by atoms with Gasteiger partial charge in [0, 0.05) is 37.9 Å². The molecule has 7 heteroatoms. The fraction of sp³-hybridized carbons (Fsp3) is 0.500. The second-order valence-electron chi connectivity index (χ2n) is 5.95. The highest BCUT2D eigenvalue weighted by Crippen LogP contribution is 2.28. The molecular weight excluding hydrogens is 316 g/mol. The van der Waals surface area contributed by atoms with E-state index in [-0.39, 0.29) is 18.0 Å². The number of amides is 3. The summed E-state index contributed by atoms with van der Waals surface area (Å²) in [4.78, 5) is 26.2. The maximum Gasteiger partial charge on any atom is 0.322 e. The van der Waals surface area contributed by atoms with E-state index >= 15 is 0 Å². The number of fused-ring (bicyclic) bond motifs is 1. The monoisotopic (exact) mass is 336 g/mol. The molecule has 3 N–H and O–H groups in total. The Kier molecular flexibility index (Phi) is 4.73. The van der Waals surface area contributed by atoms with Crippen LogP contribution in [0, 0.1) is 5.92 Å². The van der Waals surface area contributed by atoms with Crippen molar-refractivity contribution < 1.29 is 9.59 Å². The fourth-order valence-corrected chi connectivity index (χ4v) is 3.60. The largest absolute Gasteiger partial charge is 0.352 e. The Bertz CT molecular complexity index is 622. The smallest absolute Gasteiger partial charge is 0.322 e. The Labute approximate surface area is 140 Å². The average Bonchev–Trinajstić information content (AvgIpc) is 3.10. The lowest BCUT2D eigenvalue weighted by Gasteiger charge is -2.23. The second-order valence-corrected chi connectivity index (χ2v) is 6.36. The average molecular weight is 337 g/mol. The molecular formula is C16H21ClN4O2. The van der Waals surface area contributed by atoms with Crippen LogP contribution in [-0.4, -0.2) is 49.1 Å². The first-order valence-corrected chi connectivity index (χ1v) is 8.34. The highest BCUT2D eigenvalue weighted by atomic mass is 35.5. The summed E-state index contributed by atoms with van der Waals surface area (Å²) >= 11 is 6.16. The molecule has 0 aliphatic carbocycles. The van der Waals surface area contributed by atoms with Gasteiger partial charge in [0.05, 0.1) is 10.6 Å². The molecule has 6 nitrogen and oxygen atoms in total. The van der Waals surface area contributed by atoms with Crippen LogP contribution in [0.4, 0.5) is 10.5 Å². The number of benzene rings is 1. The number of nitrogens with one attached hydrogen (secondary N) is 3. The number of halogens is 1. The number of rotatable bonds is 3. The standard InChI is InChI=1S/C16H21ClN4O2/c1-2-19-15(22)12-4-3-11(7-13(12)17)20-16(23)21-6-5-10-8-18-9-14(10)21/h3-4,7,10,14,18H,2,5-6,8-9H2,1H3,(H,19,22)(H,20,23)/t10-,14+/m0/s1. The third-order valence-electron chi connectivity index (χ3n) is 4.51. The highest BCUT2D eigenvalue weighted by molar-refractivity contribution is 6.34. The Morgan fingerprint density at radius 2 is 2.22 bits per heavy atom.